The lowest BCUT2D eigenvalue weighted by atomic mass is 9.76. The van der Waals surface area contributed by atoms with E-state index in [-0.39, 0.29) is 6.04 Å². The second-order valence-corrected chi connectivity index (χ2v) is 7.49. The molecule has 21 heavy (non-hydrogen) atoms. The minimum atomic E-state index is 0.0957. The SMILES string of the molecule is CCC1CCCC(C(N)c2c(Br)cnn2CCN(C)C)C1. The fraction of sp³-hybridized carbons (Fsp3) is 0.812. The lowest BCUT2D eigenvalue weighted by Gasteiger charge is -2.33. The van der Waals surface area contributed by atoms with Gasteiger partial charge in [-0.3, -0.25) is 4.68 Å². The van der Waals surface area contributed by atoms with Crippen molar-refractivity contribution in [2.45, 2.75) is 51.6 Å². The van der Waals surface area contributed by atoms with Gasteiger partial charge >= 0.3 is 0 Å². The summed E-state index contributed by atoms with van der Waals surface area (Å²) in [6, 6.07) is 0.0957. The number of halogens is 1. The first-order chi connectivity index (χ1) is 10.0. The molecule has 0 saturated heterocycles. The summed E-state index contributed by atoms with van der Waals surface area (Å²) in [6.45, 7) is 4.18. The number of nitrogens with two attached hydrogens (primary N) is 1. The average Bonchev–Trinajstić information content (AvgIpc) is 2.85. The average molecular weight is 357 g/mol. The molecule has 1 saturated carbocycles. The minimum absolute atomic E-state index is 0.0957. The standard InChI is InChI=1S/C16H29BrN4/c1-4-12-6-5-7-13(10-12)15(18)16-14(17)11-19-21(16)9-8-20(2)3/h11-13,15H,4-10,18H2,1-3H3. The lowest BCUT2D eigenvalue weighted by Crippen LogP contribution is -2.30. The fourth-order valence-corrected chi connectivity index (χ4v) is 3.99. The number of rotatable bonds is 6. The third-order valence-electron chi connectivity index (χ3n) is 4.82. The molecule has 2 rings (SSSR count). The van der Waals surface area contributed by atoms with Crippen LogP contribution >= 0.6 is 15.9 Å². The van der Waals surface area contributed by atoms with Gasteiger partial charge in [-0.25, -0.2) is 0 Å². The van der Waals surface area contributed by atoms with Crippen LogP contribution in [0.3, 0.4) is 0 Å². The fourth-order valence-electron chi connectivity index (χ4n) is 3.43. The summed E-state index contributed by atoms with van der Waals surface area (Å²) in [6.07, 6.45) is 8.39. The van der Waals surface area contributed by atoms with Crippen LogP contribution in [0.4, 0.5) is 0 Å². The summed E-state index contributed by atoms with van der Waals surface area (Å²) in [4.78, 5) is 2.18. The highest BCUT2D eigenvalue weighted by molar-refractivity contribution is 9.10. The third kappa shape index (κ3) is 4.30. The first-order valence-electron chi connectivity index (χ1n) is 8.14. The van der Waals surface area contributed by atoms with Crippen molar-refractivity contribution < 1.29 is 0 Å². The Bertz CT molecular complexity index is 443. The maximum absolute atomic E-state index is 6.63. The molecule has 5 heteroatoms. The van der Waals surface area contributed by atoms with Gasteiger partial charge in [-0.1, -0.05) is 26.2 Å². The van der Waals surface area contributed by atoms with E-state index in [0.717, 1.165) is 23.5 Å². The Morgan fingerprint density at radius 2 is 2.24 bits per heavy atom. The zero-order valence-corrected chi connectivity index (χ0v) is 15.1. The van der Waals surface area contributed by atoms with Crippen LogP contribution in [0.25, 0.3) is 0 Å². The van der Waals surface area contributed by atoms with Crippen LogP contribution in [0.1, 0.15) is 50.8 Å². The highest BCUT2D eigenvalue weighted by Crippen LogP contribution is 2.38. The Balaban J connectivity index is 2.10. The molecule has 120 valence electrons. The Morgan fingerprint density at radius 1 is 1.48 bits per heavy atom. The predicted molar refractivity (Wildman–Crippen MR) is 91.1 cm³/mol. The van der Waals surface area contributed by atoms with Crippen molar-refractivity contribution in [3.05, 3.63) is 16.4 Å². The van der Waals surface area contributed by atoms with E-state index in [0.29, 0.717) is 5.92 Å². The van der Waals surface area contributed by atoms with E-state index in [2.05, 4.69) is 51.6 Å². The van der Waals surface area contributed by atoms with Crippen molar-refractivity contribution in [3.8, 4) is 0 Å². The van der Waals surface area contributed by atoms with Gasteiger partial charge in [0.05, 0.1) is 29.0 Å². The maximum Gasteiger partial charge on any atom is 0.0696 e. The van der Waals surface area contributed by atoms with Gasteiger partial charge in [0.2, 0.25) is 0 Å². The number of hydrogen-bond donors (Lipinski definition) is 1. The normalized spacial score (nSPS) is 24.5. The van der Waals surface area contributed by atoms with Crippen LogP contribution in [-0.4, -0.2) is 35.3 Å². The van der Waals surface area contributed by atoms with Crippen molar-refractivity contribution in [3.63, 3.8) is 0 Å². The molecule has 1 aromatic rings. The molecule has 1 aliphatic rings. The summed E-state index contributed by atoms with van der Waals surface area (Å²) < 4.78 is 3.15. The van der Waals surface area contributed by atoms with Crippen LogP contribution in [0, 0.1) is 11.8 Å². The van der Waals surface area contributed by atoms with Gasteiger partial charge in [-0.15, -0.1) is 0 Å². The summed E-state index contributed by atoms with van der Waals surface area (Å²) in [5.74, 6) is 1.45. The molecule has 0 spiro atoms. The van der Waals surface area contributed by atoms with Gasteiger partial charge in [0.25, 0.3) is 0 Å². The summed E-state index contributed by atoms with van der Waals surface area (Å²) in [7, 11) is 4.18. The molecule has 1 aliphatic carbocycles. The highest BCUT2D eigenvalue weighted by Gasteiger charge is 2.29. The third-order valence-corrected chi connectivity index (χ3v) is 5.43. The predicted octanol–water partition coefficient (Wildman–Crippen LogP) is 3.42. The first kappa shape index (κ1) is 17.0. The first-order valence-corrected chi connectivity index (χ1v) is 8.93. The topological polar surface area (TPSA) is 47.1 Å². The Labute approximate surface area is 137 Å². The molecule has 3 atom stereocenters. The second kappa shape index (κ2) is 7.75. The van der Waals surface area contributed by atoms with Gasteiger partial charge in [0.15, 0.2) is 0 Å². The minimum Gasteiger partial charge on any atom is -0.322 e. The molecule has 0 amide bonds. The molecule has 1 fully saturated rings. The molecule has 3 unspecified atom stereocenters. The number of nitrogens with zero attached hydrogens (tertiary/aromatic N) is 3. The van der Waals surface area contributed by atoms with Gasteiger partial charge in [0, 0.05) is 6.54 Å². The van der Waals surface area contributed by atoms with E-state index in [4.69, 9.17) is 5.73 Å². The van der Waals surface area contributed by atoms with Crippen LogP contribution in [0.2, 0.25) is 0 Å². The van der Waals surface area contributed by atoms with Crippen LogP contribution in [0.5, 0.6) is 0 Å². The zero-order valence-electron chi connectivity index (χ0n) is 13.6. The zero-order chi connectivity index (χ0) is 15.4. The van der Waals surface area contributed by atoms with Gasteiger partial charge < -0.3 is 10.6 Å². The highest BCUT2D eigenvalue weighted by atomic mass is 79.9. The monoisotopic (exact) mass is 356 g/mol. The molecule has 2 N–H and O–H groups in total. The van der Waals surface area contributed by atoms with Crippen LogP contribution < -0.4 is 5.73 Å². The smallest absolute Gasteiger partial charge is 0.0696 e. The van der Waals surface area contributed by atoms with Gasteiger partial charge in [-0.2, -0.15) is 5.10 Å². The molecule has 0 radical (unpaired) electrons. The molecule has 0 bridgehead atoms. The number of aromatic nitrogens is 2. The second-order valence-electron chi connectivity index (χ2n) is 6.63. The van der Waals surface area contributed by atoms with E-state index in [1.54, 1.807) is 0 Å². The van der Waals surface area contributed by atoms with E-state index in [9.17, 15) is 0 Å². The van der Waals surface area contributed by atoms with E-state index < -0.39 is 0 Å². The molecule has 1 heterocycles. The number of likely N-dealkylation sites (N-methyl/N-ethyl adjacent to an activating group) is 1. The lowest BCUT2D eigenvalue weighted by molar-refractivity contribution is 0.224. The van der Waals surface area contributed by atoms with E-state index in [1.165, 1.54) is 37.8 Å². The summed E-state index contributed by atoms with van der Waals surface area (Å²) in [5, 5.41) is 4.51. The Morgan fingerprint density at radius 3 is 2.90 bits per heavy atom. The molecule has 0 aromatic carbocycles. The van der Waals surface area contributed by atoms with E-state index in [1.807, 2.05) is 6.20 Å². The Hall–Kier alpha value is -0.390. The van der Waals surface area contributed by atoms with E-state index >= 15 is 0 Å². The summed E-state index contributed by atoms with van der Waals surface area (Å²) >= 11 is 3.65. The van der Waals surface area contributed by atoms with Crippen molar-refractivity contribution in [2.75, 3.05) is 20.6 Å². The van der Waals surface area contributed by atoms with Crippen LogP contribution in [0.15, 0.2) is 10.7 Å². The Kier molecular flexibility index (Phi) is 6.26. The van der Waals surface area contributed by atoms with Gasteiger partial charge in [-0.05, 0) is 54.7 Å². The molecular formula is C16H29BrN4. The van der Waals surface area contributed by atoms with Crippen molar-refractivity contribution in [1.29, 1.82) is 0 Å². The molecular weight excluding hydrogens is 328 g/mol. The quantitative estimate of drug-likeness (QED) is 0.849. The largest absolute Gasteiger partial charge is 0.322 e. The van der Waals surface area contributed by atoms with Gasteiger partial charge in [0.1, 0.15) is 0 Å². The number of hydrogen-bond acceptors (Lipinski definition) is 3. The van der Waals surface area contributed by atoms with Crippen LogP contribution in [-0.2, 0) is 6.54 Å². The van der Waals surface area contributed by atoms with Crippen molar-refractivity contribution in [1.82, 2.24) is 14.7 Å². The maximum atomic E-state index is 6.63. The summed E-state index contributed by atoms with van der Waals surface area (Å²) in [5.41, 5.74) is 7.81. The van der Waals surface area contributed by atoms with Crippen molar-refractivity contribution in [2.24, 2.45) is 17.6 Å². The molecule has 4 nitrogen and oxygen atoms in total. The van der Waals surface area contributed by atoms with Crippen molar-refractivity contribution >= 4 is 15.9 Å². The molecule has 0 aliphatic heterocycles. The molecule has 1 aromatic heterocycles.